The second kappa shape index (κ2) is 6.41. The van der Waals surface area contributed by atoms with Crippen LogP contribution in [0, 0.1) is 5.92 Å². The van der Waals surface area contributed by atoms with Crippen LogP contribution in [0.25, 0.3) is 0 Å². The predicted octanol–water partition coefficient (Wildman–Crippen LogP) is 2.03. The van der Waals surface area contributed by atoms with E-state index >= 15 is 0 Å². The van der Waals surface area contributed by atoms with Crippen molar-refractivity contribution in [2.45, 2.75) is 44.6 Å². The summed E-state index contributed by atoms with van der Waals surface area (Å²) in [6.07, 6.45) is 4.29. The number of benzene rings is 1. The number of fused-ring (bicyclic) bond motifs is 2. The number of hydrogen-bond donors (Lipinski definition) is 1. The molecule has 1 atom stereocenters. The molecule has 0 unspecified atom stereocenters. The molecule has 6 nitrogen and oxygen atoms in total. The van der Waals surface area contributed by atoms with Gasteiger partial charge in [-0.2, -0.15) is 0 Å². The molecule has 138 valence electrons. The van der Waals surface area contributed by atoms with Crippen molar-refractivity contribution in [1.82, 2.24) is 15.1 Å². The Morgan fingerprint density at radius 3 is 2.73 bits per heavy atom. The Balaban J connectivity index is 1.54. The molecule has 1 aromatic rings. The summed E-state index contributed by atoms with van der Waals surface area (Å²) in [5.41, 5.74) is 0.986. The van der Waals surface area contributed by atoms with Crippen LogP contribution in [0.2, 0.25) is 0 Å². The molecule has 2 heterocycles. The lowest BCUT2D eigenvalue weighted by Gasteiger charge is -2.33. The van der Waals surface area contributed by atoms with Gasteiger partial charge in [0.05, 0.1) is 0 Å². The number of rotatable bonds is 2. The van der Waals surface area contributed by atoms with E-state index in [-0.39, 0.29) is 18.4 Å². The molecule has 1 N–H and O–H groups in total. The third-order valence-electron chi connectivity index (χ3n) is 6.08. The number of nitrogens with one attached hydrogen (secondary N) is 1. The molecule has 6 heteroatoms. The molecular weight excluding hydrogens is 330 g/mol. The summed E-state index contributed by atoms with van der Waals surface area (Å²) in [6.45, 7) is 3.43. The van der Waals surface area contributed by atoms with Crippen molar-refractivity contribution in [3.05, 3.63) is 35.4 Å². The van der Waals surface area contributed by atoms with Crippen molar-refractivity contribution in [3.63, 3.8) is 0 Å². The molecular formula is C20H25N3O3. The van der Waals surface area contributed by atoms with E-state index < -0.39 is 11.6 Å². The van der Waals surface area contributed by atoms with Crippen LogP contribution in [0.15, 0.2) is 24.3 Å². The highest BCUT2D eigenvalue weighted by molar-refractivity contribution is 6.09. The van der Waals surface area contributed by atoms with Crippen molar-refractivity contribution in [3.8, 4) is 0 Å². The fraction of sp³-hybridized carbons (Fsp3) is 0.550. The predicted molar refractivity (Wildman–Crippen MR) is 96.3 cm³/mol. The summed E-state index contributed by atoms with van der Waals surface area (Å²) in [4.78, 5) is 41.3. The molecule has 2 fully saturated rings. The molecule has 26 heavy (non-hydrogen) atoms. The normalized spacial score (nSPS) is 26.2. The van der Waals surface area contributed by atoms with Gasteiger partial charge in [-0.3, -0.25) is 14.5 Å². The van der Waals surface area contributed by atoms with Crippen LogP contribution in [0.3, 0.4) is 0 Å². The maximum Gasteiger partial charge on any atom is 0.325 e. The zero-order valence-electron chi connectivity index (χ0n) is 15.2. The number of imide groups is 1. The largest absolute Gasteiger partial charge is 0.341 e. The van der Waals surface area contributed by atoms with E-state index in [4.69, 9.17) is 0 Å². The first-order valence-corrected chi connectivity index (χ1v) is 9.51. The van der Waals surface area contributed by atoms with Gasteiger partial charge in [0, 0.05) is 13.1 Å². The van der Waals surface area contributed by atoms with Crippen LogP contribution in [0.4, 0.5) is 4.79 Å². The minimum Gasteiger partial charge on any atom is -0.341 e. The smallest absolute Gasteiger partial charge is 0.325 e. The van der Waals surface area contributed by atoms with Crippen molar-refractivity contribution in [1.29, 1.82) is 0 Å². The Bertz CT molecular complexity index is 754. The maximum atomic E-state index is 13.2. The Labute approximate surface area is 153 Å². The van der Waals surface area contributed by atoms with E-state index in [0.29, 0.717) is 25.4 Å². The third kappa shape index (κ3) is 2.68. The van der Waals surface area contributed by atoms with Crippen molar-refractivity contribution in [2.24, 2.45) is 5.92 Å². The quantitative estimate of drug-likeness (QED) is 0.825. The molecule has 1 spiro atoms. The highest BCUT2D eigenvalue weighted by Gasteiger charge is 2.54. The molecule has 4 rings (SSSR count). The summed E-state index contributed by atoms with van der Waals surface area (Å²) in [7, 11) is 0. The minimum atomic E-state index is -0.997. The van der Waals surface area contributed by atoms with Crippen molar-refractivity contribution < 1.29 is 14.4 Å². The lowest BCUT2D eigenvalue weighted by atomic mass is 9.76. The molecule has 1 aromatic carbocycles. The van der Waals surface area contributed by atoms with E-state index in [2.05, 4.69) is 12.2 Å². The lowest BCUT2D eigenvalue weighted by Crippen LogP contribution is -2.48. The first-order chi connectivity index (χ1) is 12.5. The van der Waals surface area contributed by atoms with E-state index in [1.54, 1.807) is 4.90 Å². The zero-order valence-corrected chi connectivity index (χ0v) is 15.2. The fourth-order valence-corrected chi connectivity index (χ4v) is 4.45. The van der Waals surface area contributed by atoms with Gasteiger partial charge in [-0.1, -0.05) is 31.2 Å². The summed E-state index contributed by atoms with van der Waals surface area (Å²) in [5.74, 6) is 0.202. The zero-order chi connectivity index (χ0) is 18.3. The first-order valence-electron chi connectivity index (χ1n) is 9.51. The Hall–Kier alpha value is -2.37. The van der Waals surface area contributed by atoms with Crippen LogP contribution in [-0.4, -0.2) is 47.3 Å². The van der Waals surface area contributed by atoms with Gasteiger partial charge >= 0.3 is 6.03 Å². The average molecular weight is 355 g/mol. The van der Waals surface area contributed by atoms with Gasteiger partial charge < -0.3 is 10.2 Å². The number of amides is 4. The summed E-state index contributed by atoms with van der Waals surface area (Å²) < 4.78 is 0. The number of carbonyl (C=O) groups is 3. The van der Waals surface area contributed by atoms with Gasteiger partial charge in [-0.15, -0.1) is 0 Å². The van der Waals surface area contributed by atoms with Gasteiger partial charge in [0.2, 0.25) is 5.91 Å². The molecule has 2 saturated heterocycles. The summed E-state index contributed by atoms with van der Waals surface area (Å²) in [6, 6.07) is 7.33. The second-order valence-electron chi connectivity index (χ2n) is 7.80. The van der Waals surface area contributed by atoms with E-state index in [0.717, 1.165) is 41.7 Å². The number of likely N-dealkylation sites (tertiary alicyclic amines) is 1. The van der Waals surface area contributed by atoms with Crippen LogP contribution in [-0.2, 0) is 21.5 Å². The standard InChI is InChI=1S/C20H25N3O3/c1-14-8-11-22(12-9-14)17(24)13-23-18(25)20(21-19(23)26)10-4-6-15-5-2-3-7-16(15)20/h2-3,5,7,14H,4,6,8-13H2,1H3,(H,21,26)/t20-/m0/s1. The van der Waals surface area contributed by atoms with Gasteiger partial charge in [0.15, 0.2) is 0 Å². The van der Waals surface area contributed by atoms with E-state index in [1.165, 1.54) is 0 Å². The number of urea groups is 1. The molecule has 4 amide bonds. The number of aryl methyl sites for hydroxylation is 1. The molecule has 0 radical (unpaired) electrons. The number of piperidine rings is 1. The van der Waals surface area contributed by atoms with E-state index in [9.17, 15) is 14.4 Å². The SMILES string of the molecule is CC1CCN(C(=O)CN2C(=O)N[C@]3(CCCc4ccccc43)C2=O)CC1. The Kier molecular flexibility index (Phi) is 4.21. The van der Waals surface area contributed by atoms with Crippen LogP contribution >= 0.6 is 0 Å². The van der Waals surface area contributed by atoms with Crippen LogP contribution in [0.5, 0.6) is 0 Å². The monoisotopic (exact) mass is 355 g/mol. The molecule has 2 aliphatic heterocycles. The molecule has 0 bridgehead atoms. The summed E-state index contributed by atoms with van der Waals surface area (Å²) >= 11 is 0. The first kappa shape index (κ1) is 17.1. The van der Waals surface area contributed by atoms with Crippen molar-refractivity contribution in [2.75, 3.05) is 19.6 Å². The van der Waals surface area contributed by atoms with Crippen molar-refractivity contribution >= 4 is 17.8 Å². The molecule has 1 aliphatic carbocycles. The Morgan fingerprint density at radius 2 is 1.96 bits per heavy atom. The number of hydrogen-bond acceptors (Lipinski definition) is 3. The third-order valence-corrected chi connectivity index (χ3v) is 6.08. The minimum absolute atomic E-state index is 0.137. The van der Waals surface area contributed by atoms with Crippen LogP contribution < -0.4 is 5.32 Å². The highest BCUT2D eigenvalue weighted by atomic mass is 16.2. The second-order valence-corrected chi connectivity index (χ2v) is 7.80. The fourth-order valence-electron chi connectivity index (χ4n) is 4.45. The average Bonchev–Trinajstić information content (AvgIpc) is 2.87. The van der Waals surface area contributed by atoms with Crippen LogP contribution in [0.1, 0.15) is 43.7 Å². The Morgan fingerprint density at radius 1 is 1.23 bits per heavy atom. The molecule has 0 aromatic heterocycles. The molecule has 0 saturated carbocycles. The van der Waals surface area contributed by atoms with Gasteiger partial charge in [-0.05, 0) is 49.1 Å². The molecule has 3 aliphatic rings. The number of nitrogens with zero attached hydrogens (tertiary/aromatic N) is 2. The highest BCUT2D eigenvalue weighted by Crippen LogP contribution is 2.39. The topological polar surface area (TPSA) is 69.7 Å². The summed E-state index contributed by atoms with van der Waals surface area (Å²) in [5, 5.41) is 2.91. The van der Waals surface area contributed by atoms with Gasteiger partial charge in [0.1, 0.15) is 12.1 Å². The van der Waals surface area contributed by atoms with E-state index in [1.807, 2.05) is 24.3 Å². The van der Waals surface area contributed by atoms with Gasteiger partial charge in [0.25, 0.3) is 5.91 Å². The maximum absolute atomic E-state index is 13.2. The van der Waals surface area contributed by atoms with Gasteiger partial charge in [-0.25, -0.2) is 4.79 Å². The number of carbonyl (C=O) groups excluding carboxylic acids is 3. The lowest BCUT2D eigenvalue weighted by molar-refractivity contribution is -0.140.